The minimum atomic E-state index is -1.08. The smallest absolute Gasteiger partial charge is 0.335 e. The first-order valence-electron chi connectivity index (χ1n) is 6.30. The highest BCUT2D eigenvalue weighted by Gasteiger charge is 2.23. The van der Waals surface area contributed by atoms with Crippen LogP contribution in [0.5, 0.6) is 0 Å². The Morgan fingerprint density at radius 1 is 1.43 bits per heavy atom. The fourth-order valence-electron chi connectivity index (χ4n) is 1.99. The summed E-state index contributed by atoms with van der Waals surface area (Å²) in [5.41, 5.74) is 7.06. The molecule has 7 heteroatoms. The molecule has 1 heterocycles. The van der Waals surface area contributed by atoms with E-state index in [1.807, 2.05) is 0 Å². The van der Waals surface area contributed by atoms with Gasteiger partial charge in [-0.2, -0.15) is 0 Å². The van der Waals surface area contributed by atoms with Crippen molar-refractivity contribution in [1.29, 1.82) is 0 Å². The van der Waals surface area contributed by atoms with Gasteiger partial charge in [0.05, 0.1) is 22.6 Å². The summed E-state index contributed by atoms with van der Waals surface area (Å²) in [6.45, 7) is 3.81. The Labute approximate surface area is 121 Å². The van der Waals surface area contributed by atoms with Gasteiger partial charge in [-0.3, -0.25) is 4.79 Å². The minimum absolute atomic E-state index is 0.0654. The Bertz CT molecular complexity index is 693. The zero-order valence-corrected chi connectivity index (χ0v) is 11.7. The number of carbonyl (C=O) groups is 2. The van der Waals surface area contributed by atoms with Crippen molar-refractivity contribution in [2.75, 3.05) is 17.2 Å². The van der Waals surface area contributed by atoms with Gasteiger partial charge in [-0.05, 0) is 32.0 Å². The number of aromatic carboxylic acids is 1. The molecular weight excluding hydrogens is 274 g/mol. The molecule has 0 aliphatic rings. The highest BCUT2D eigenvalue weighted by molar-refractivity contribution is 6.06. The molecule has 110 valence electrons. The van der Waals surface area contributed by atoms with E-state index in [0.29, 0.717) is 17.9 Å². The topological polar surface area (TPSA) is 110 Å². The molecule has 7 nitrogen and oxygen atoms in total. The number of benzene rings is 1. The van der Waals surface area contributed by atoms with E-state index in [9.17, 15) is 9.59 Å². The van der Waals surface area contributed by atoms with Crippen LogP contribution in [0, 0.1) is 6.92 Å². The molecule has 2 rings (SSSR count). The summed E-state index contributed by atoms with van der Waals surface area (Å²) in [7, 11) is 0. The van der Waals surface area contributed by atoms with Gasteiger partial charge in [0.15, 0.2) is 6.39 Å². The van der Waals surface area contributed by atoms with Crippen molar-refractivity contribution in [3.05, 3.63) is 41.6 Å². The summed E-state index contributed by atoms with van der Waals surface area (Å²) in [4.78, 5) is 28.7. The predicted octanol–water partition coefficient (Wildman–Crippen LogP) is 1.93. The fraction of sp³-hybridized carbons (Fsp3) is 0.214. The second kappa shape index (κ2) is 5.66. The number of aromatic nitrogens is 1. The van der Waals surface area contributed by atoms with E-state index in [4.69, 9.17) is 15.3 Å². The molecule has 21 heavy (non-hydrogen) atoms. The number of hydrogen-bond acceptors (Lipinski definition) is 5. The van der Waals surface area contributed by atoms with Gasteiger partial charge in [-0.1, -0.05) is 0 Å². The third-order valence-electron chi connectivity index (χ3n) is 3.07. The van der Waals surface area contributed by atoms with E-state index in [1.54, 1.807) is 13.8 Å². The van der Waals surface area contributed by atoms with Crippen molar-refractivity contribution in [2.45, 2.75) is 13.8 Å². The van der Waals surface area contributed by atoms with Crippen molar-refractivity contribution >= 4 is 23.3 Å². The third kappa shape index (κ3) is 2.71. The molecule has 2 aromatic rings. The number of hydrogen-bond donors (Lipinski definition) is 2. The number of amides is 1. The molecule has 0 spiro atoms. The molecule has 0 aliphatic carbocycles. The third-order valence-corrected chi connectivity index (χ3v) is 3.07. The lowest BCUT2D eigenvalue weighted by atomic mass is 10.1. The van der Waals surface area contributed by atoms with Crippen LogP contribution in [0.25, 0.3) is 0 Å². The number of nitrogens with zero attached hydrogens (tertiary/aromatic N) is 2. The Morgan fingerprint density at radius 3 is 2.62 bits per heavy atom. The molecule has 1 amide bonds. The summed E-state index contributed by atoms with van der Waals surface area (Å²) in [5, 5.41) is 8.93. The standard InChI is InChI=1S/C14H15N3O4/c1-3-17(13(18)12-8(2)16-7-21-12)11-5-4-9(14(19)20)6-10(11)15/h4-7H,3,15H2,1-2H3,(H,19,20). The number of carbonyl (C=O) groups excluding carboxylic acids is 1. The Hall–Kier alpha value is -2.83. The number of carboxylic acid groups (broad SMARTS) is 1. The van der Waals surface area contributed by atoms with Crippen LogP contribution in [0.2, 0.25) is 0 Å². The van der Waals surface area contributed by atoms with Crippen LogP contribution in [0.15, 0.2) is 29.0 Å². The number of nitrogen functional groups attached to an aromatic ring is 1. The van der Waals surface area contributed by atoms with Gasteiger partial charge < -0.3 is 20.2 Å². The van der Waals surface area contributed by atoms with Gasteiger partial charge in [0, 0.05) is 6.54 Å². The number of carboxylic acids is 1. The molecule has 0 radical (unpaired) electrons. The first-order valence-corrected chi connectivity index (χ1v) is 6.30. The molecule has 0 fully saturated rings. The maximum absolute atomic E-state index is 12.4. The van der Waals surface area contributed by atoms with E-state index in [2.05, 4.69) is 4.98 Å². The monoisotopic (exact) mass is 289 g/mol. The lowest BCUT2D eigenvalue weighted by Crippen LogP contribution is -2.31. The maximum atomic E-state index is 12.4. The molecule has 1 aromatic carbocycles. The van der Waals surface area contributed by atoms with Gasteiger partial charge >= 0.3 is 5.97 Å². The summed E-state index contributed by atoms with van der Waals surface area (Å²) in [5.74, 6) is -1.31. The van der Waals surface area contributed by atoms with Gasteiger partial charge in [0.1, 0.15) is 0 Å². The first kappa shape index (κ1) is 14.6. The molecule has 0 saturated heterocycles. The summed E-state index contributed by atoms with van der Waals surface area (Å²) in [6, 6.07) is 4.23. The quantitative estimate of drug-likeness (QED) is 0.832. The fourth-order valence-corrected chi connectivity index (χ4v) is 1.99. The van der Waals surface area contributed by atoms with Gasteiger partial charge in [0.2, 0.25) is 5.76 Å². The SMILES string of the molecule is CCN(C(=O)c1ocnc1C)c1ccc(C(=O)O)cc1N. The van der Waals surface area contributed by atoms with Crippen molar-refractivity contribution < 1.29 is 19.1 Å². The van der Waals surface area contributed by atoms with Crippen LogP contribution >= 0.6 is 0 Å². The molecule has 0 bridgehead atoms. The van der Waals surface area contributed by atoms with Crippen molar-refractivity contribution in [3.8, 4) is 0 Å². The second-order valence-electron chi connectivity index (χ2n) is 4.40. The zero-order chi connectivity index (χ0) is 15.6. The van der Waals surface area contributed by atoms with Crippen LogP contribution in [0.1, 0.15) is 33.5 Å². The van der Waals surface area contributed by atoms with Crippen LogP contribution in [-0.2, 0) is 0 Å². The molecule has 0 saturated carbocycles. The van der Waals surface area contributed by atoms with Gasteiger partial charge in [-0.15, -0.1) is 0 Å². The first-order chi connectivity index (χ1) is 9.95. The number of oxazole rings is 1. The van der Waals surface area contributed by atoms with Crippen LogP contribution in [-0.4, -0.2) is 28.5 Å². The molecule has 0 aliphatic heterocycles. The molecule has 1 aromatic heterocycles. The molecule has 0 atom stereocenters. The maximum Gasteiger partial charge on any atom is 0.335 e. The second-order valence-corrected chi connectivity index (χ2v) is 4.40. The number of nitrogens with two attached hydrogens (primary N) is 1. The molecule has 0 unspecified atom stereocenters. The average Bonchev–Trinajstić information content (AvgIpc) is 2.87. The average molecular weight is 289 g/mol. The van der Waals surface area contributed by atoms with Gasteiger partial charge in [0.25, 0.3) is 5.91 Å². The number of aryl methyl sites for hydroxylation is 1. The lowest BCUT2D eigenvalue weighted by Gasteiger charge is -2.21. The minimum Gasteiger partial charge on any atom is -0.478 e. The van der Waals surface area contributed by atoms with Crippen LogP contribution in [0.4, 0.5) is 11.4 Å². The van der Waals surface area contributed by atoms with Crippen molar-refractivity contribution in [3.63, 3.8) is 0 Å². The van der Waals surface area contributed by atoms with E-state index < -0.39 is 5.97 Å². The van der Waals surface area contributed by atoms with E-state index >= 15 is 0 Å². The number of anilines is 2. The van der Waals surface area contributed by atoms with Crippen molar-refractivity contribution in [1.82, 2.24) is 4.98 Å². The van der Waals surface area contributed by atoms with Crippen LogP contribution < -0.4 is 10.6 Å². The van der Waals surface area contributed by atoms with E-state index in [0.717, 1.165) is 0 Å². The summed E-state index contributed by atoms with van der Waals surface area (Å²) < 4.78 is 5.09. The summed E-state index contributed by atoms with van der Waals surface area (Å²) in [6.07, 6.45) is 1.20. The number of rotatable bonds is 4. The Morgan fingerprint density at radius 2 is 2.14 bits per heavy atom. The van der Waals surface area contributed by atoms with Gasteiger partial charge in [-0.25, -0.2) is 9.78 Å². The molecule has 3 N–H and O–H groups in total. The lowest BCUT2D eigenvalue weighted by molar-refractivity contribution is 0.0697. The summed E-state index contributed by atoms with van der Waals surface area (Å²) >= 11 is 0. The highest BCUT2D eigenvalue weighted by Crippen LogP contribution is 2.26. The Balaban J connectivity index is 2.40. The van der Waals surface area contributed by atoms with E-state index in [-0.39, 0.29) is 22.9 Å². The predicted molar refractivity (Wildman–Crippen MR) is 76.4 cm³/mol. The van der Waals surface area contributed by atoms with Crippen molar-refractivity contribution in [2.24, 2.45) is 0 Å². The normalized spacial score (nSPS) is 10.4. The Kier molecular flexibility index (Phi) is 3.93. The largest absolute Gasteiger partial charge is 0.478 e. The van der Waals surface area contributed by atoms with Crippen LogP contribution in [0.3, 0.4) is 0 Å². The zero-order valence-electron chi connectivity index (χ0n) is 11.7. The molecular formula is C14H15N3O4. The van der Waals surface area contributed by atoms with E-state index in [1.165, 1.54) is 29.5 Å². The highest BCUT2D eigenvalue weighted by atomic mass is 16.4.